The van der Waals surface area contributed by atoms with Gasteiger partial charge < -0.3 is 15.1 Å². The molecule has 3 rings (SSSR count). The lowest BCUT2D eigenvalue weighted by molar-refractivity contribution is -0.120. The van der Waals surface area contributed by atoms with Crippen LogP contribution in [0, 0.1) is 5.92 Å². The summed E-state index contributed by atoms with van der Waals surface area (Å²) in [6.07, 6.45) is 1.11. The summed E-state index contributed by atoms with van der Waals surface area (Å²) < 4.78 is 0. The maximum absolute atomic E-state index is 12.5. The Morgan fingerprint density at radius 3 is 2.86 bits per heavy atom. The van der Waals surface area contributed by atoms with Gasteiger partial charge >= 0.3 is 0 Å². The molecule has 2 aliphatic heterocycles. The fourth-order valence-corrected chi connectivity index (χ4v) is 3.28. The number of hydrogen-bond acceptors (Lipinski definition) is 4. The number of β-amino-alcohol motifs (C(OH)–C–C–N with tert-alkyl or cyclic N) is 1. The van der Waals surface area contributed by atoms with Gasteiger partial charge in [-0.3, -0.25) is 9.69 Å². The number of carbonyl (C=O) groups excluding carboxylic acids is 1. The molecule has 1 aromatic carbocycles. The van der Waals surface area contributed by atoms with Gasteiger partial charge in [0, 0.05) is 31.3 Å². The third kappa shape index (κ3) is 2.95. The van der Waals surface area contributed by atoms with Crippen molar-refractivity contribution in [2.75, 3.05) is 37.7 Å². The highest BCUT2D eigenvalue weighted by Crippen LogP contribution is 2.27. The van der Waals surface area contributed by atoms with Crippen LogP contribution in [-0.4, -0.2) is 59.9 Å². The lowest BCUT2D eigenvalue weighted by Gasteiger charge is -2.35. The summed E-state index contributed by atoms with van der Waals surface area (Å²) in [6, 6.07) is 8.02. The van der Waals surface area contributed by atoms with E-state index in [1.54, 1.807) is 0 Å². The van der Waals surface area contributed by atoms with Crippen molar-refractivity contribution < 1.29 is 15.0 Å². The molecule has 1 fully saturated rings. The molecule has 0 aromatic heterocycles. The smallest absolute Gasteiger partial charge is 0.241 e. The highest BCUT2D eigenvalue weighted by Gasteiger charge is 2.30. The highest BCUT2D eigenvalue weighted by atomic mass is 16.3. The Morgan fingerprint density at radius 2 is 2.10 bits per heavy atom. The third-order valence-electron chi connectivity index (χ3n) is 4.59. The summed E-state index contributed by atoms with van der Waals surface area (Å²) in [5, 5.41) is 19.1. The van der Waals surface area contributed by atoms with Crippen molar-refractivity contribution in [3.63, 3.8) is 0 Å². The molecule has 2 atom stereocenters. The van der Waals surface area contributed by atoms with Crippen molar-refractivity contribution in [2.45, 2.75) is 18.9 Å². The topological polar surface area (TPSA) is 64.0 Å². The maximum Gasteiger partial charge on any atom is 0.241 e. The molecule has 0 spiro atoms. The van der Waals surface area contributed by atoms with Crippen molar-refractivity contribution >= 4 is 11.6 Å². The predicted octanol–water partition coefficient (Wildman–Crippen LogP) is 0.251. The van der Waals surface area contributed by atoms with E-state index in [4.69, 9.17) is 5.11 Å². The molecule has 1 aromatic rings. The number of aliphatic hydroxyl groups excluding tert-OH is 2. The van der Waals surface area contributed by atoms with E-state index >= 15 is 0 Å². The van der Waals surface area contributed by atoms with E-state index in [9.17, 15) is 9.90 Å². The van der Waals surface area contributed by atoms with Gasteiger partial charge in [0.1, 0.15) is 0 Å². The van der Waals surface area contributed by atoms with Crippen molar-refractivity contribution in [2.24, 2.45) is 5.92 Å². The summed E-state index contributed by atoms with van der Waals surface area (Å²) in [5.41, 5.74) is 2.25. The molecule has 2 aliphatic rings. The monoisotopic (exact) mass is 290 g/mol. The number of piperidine rings is 1. The lowest BCUT2D eigenvalue weighted by Crippen LogP contribution is -2.49. The Kier molecular flexibility index (Phi) is 4.24. The number of rotatable bonds is 3. The number of benzene rings is 1. The van der Waals surface area contributed by atoms with E-state index in [-0.39, 0.29) is 18.4 Å². The number of amides is 1. The molecule has 1 saturated heterocycles. The van der Waals surface area contributed by atoms with Gasteiger partial charge in [0.15, 0.2) is 0 Å². The number of aliphatic hydroxyl groups is 2. The zero-order valence-corrected chi connectivity index (χ0v) is 12.1. The summed E-state index contributed by atoms with van der Waals surface area (Å²) in [4.78, 5) is 16.3. The van der Waals surface area contributed by atoms with E-state index in [1.165, 1.54) is 5.56 Å². The largest absolute Gasteiger partial charge is 0.396 e. The first-order chi connectivity index (χ1) is 10.2. The second kappa shape index (κ2) is 6.13. The molecule has 0 saturated carbocycles. The minimum atomic E-state index is -0.539. The van der Waals surface area contributed by atoms with Gasteiger partial charge in [0.25, 0.3) is 0 Å². The van der Waals surface area contributed by atoms with Crippen LogP contribution in [0.25, 0.3) is 0 Å². The van der Waals surface area contributed by atoms with E-state index in [1.807, 2.05) is 28.0 Å². The Morgan fingerprint density at radius 1 is 1.29 bits per heavy atom. The Hall–Kier alpha value is -1.43. The fourth-order valence-electron chi connectivity index (χ4n) is 3.28. The van der Waals surface area contributed by atoms with Crippen LogP contribution in [0.3, 0.4) is 0 Å². The van der Waals surface area contributed by atoms with Gasteiger partial charge in [-0.2, -0.15) is 0 Å². The number of carbonyl (C=O) groups is 1. The zero-order valence-electron chi connectivity index (χ0n) is 12.1. The molecule has 0 bridgehead atoms. The minimum Gasteiger partial charge on any atom is -0.396 e. The predicted molar refractivity (Wildman–Crippen MR) is 80.1 cm³/mol. The van der Waals surface area contributed by atoms with E-state index in [0.29, 0.717) is 13.1 Å². The van der Waals surface area contributed by atoms with E-state index in [0.717, 1.165) is 31.6 Å². The fraction of sp³-hybridized carbons (Fsp3) is 0.562. The molecule has 2 N–H and O–H groups in total. The quantitative estimate of drug-likeness (QED) is 0.838. The lowest BCUT2D eigenvalue weighted by atomic mass is 9.95. The van der Waals surface area contributed by atoms with Crippen LogP contribution in [0.15, 0.2) is 24.3 Å². The van der Waals surface area contributed by atoms with Crippen LogP contribution in [0.5, 0.6) is 0 Å². The average molecular weight is 290 g/mol. The molecule has 5 nitrogen and oxygen atoms in total. The molecule has 21 heavy (non-hydrogen) atoms. The molecule has 1 amide bonds. The van der Waals surface area contributed by atoms with Gasteiger partial charge in [-0.25, -0.2) is 0 Å². The first kappa shape index (κ1) is 14.5. The SMILES string of the molecule is O=C(CN1CC[C@H](CO)[C@H](O)C1)N1CCc2ccccc21. The summed E-state index contributed by atoms with van der Waals surface area (Å²) in [5.74, 6) is 0.0402. The number of anilines is 1. The summed E-state index contributed by atoms with van der Waals surface area (Å²) in [6.45, 7) is 2.32. The van der Waals surface area contributed by atoms with Crippen LogP contribution in [0.4, 0.5) is 5.69 Å². The van der Waals surface area contributed by atoms with Gasteiger partial charge in [0.05, 0.1) is 12.6 Å². The Labute approximate surface area is 124 Å². The molecule has 2 heterocycles. The molecule has 5 heteroatoms. The molecule has 114 valence electrons. The molecule has 0 radical (unpaired) electrons. The van der Waals surface area contributed by atoms with Crippen LogP contribution in [-0.2, 0) is 11.2 Å². The summed E-state index contributed by atoms with van der Waals surface area (Å²) in [7, 11) is 0. The normalized spacial score (nSPS) is 25.9. The van der Waals surface area contributed by atoms with Gasteiger partial charge in [-0.15, -0.1) is 0 Å². The first-order valence-electron chi connectivity index (χ1n) is 7.58. The molecule has 0 unspecified atom stereocenters. The molecular weight excluding hydrogens is 268 g/mol. The zero-order chi connectivity index (χ0) is 14.8. The van der Waals surface area contributed by atoms with E-state index < -0.39 is 6.10 Å². The number of likely N-dealkylation sites (tertiary alicyclic amines) is 1. The van der Waals surface area contributed by atoms with Crippen LogP contribution >= 0.6 is 0 Å². The third-order valence-corrected chi connectivity index (χ3v) is 4.59. The standard InChI is InChI=1S/C16H22N2O3/c19-11-13-5-7-17(9-15(13)20)10-16(21)18-8-6-12-3-1-2-4-14(12)18/h1-4,13,15,19-20H,5-11H2/t13-,15-/m1/s1. The van der Waals surface area contributed by atoms with Crippen molar-refractivity contribution in [3.8, 4) is 0 Å². The maximum atomic E-state index is 12.5. The Bertz CT molecular complexity index is 520. The van der Waals surface area contributed by atoms with Crippen LogP contribution in [0.2, 0.25) is 0 Å². The molecule has 0 aliphatic carbocycles. The van der Waals surface area contributed by atoms with Gasteiger partial charge in [-0.05, 0) is 31.0 Å². The highest BCUT2D eigenvalue weighted by molar-refractivity contribution is 5.96. The first-order valence-corrected chi connectivity index (χ1v) is 7.58. The number of nitrogens with zero attached hydrogens (tertiary/aromatic N) is 2. The van der Waals surface area contributed by atoms with Crippen molar-refractivity contribution in [1.82, 2.24) is 4.90 Å². The summed E-state index contributed by atoms with van der Waals surface area (Å²) >= 11 is 0. The number of fused-ring (bicyclic) bond motifs is 1. The average Bonchev–Trinajstić information content (AvgIpc) is 2.91. The number of para-hydroxylation sites is 1. The van der Waals surface area contributed by atoms with Crippen molar-refractivity contribution in [3.05, 3.63) is 29.8 Å². The minimum absolute atomic E-state index is 0.0163. The van der Waals surface area contributed by atoms with Crippen molar-refractivity contribution in [1.29, 1.82) is 0 Å². The Balaban J connectivity index is 1.61. The van der Waals surface area contributed by atoms with Gasteiger partial charge in [0.2, 0.25) is 5.91 Å². The second-order valence-corrected chi connectivity index (χ2v) is 5.96. The van der Waals surface area contributed by atoms with Crippen LogP contribution in [0.1, 0.15) is 12.0 Å². The number of hydrogen-bond donors (Lipinski definition) is 2. The van der Waals surface area contributed by atoms with Gasteiger partial charge in [-0.1, -0.05) is 18.2 Å². The van der Waals surface area contributed by atoms with E-state index in [2.05, 4.69) is 6.07 Å². The second-order valence-electron chi connectivity index (χ2n) is 5.96. The molecular formula is C16H22N2O3. The van der Waals surface area contributed by atoms with Crippen LogP contribution < -0.4 is 4.90 Å².